The lowest BCUT2D eigenvalue weighted by molar-refractivity contribution is -0.120. The van der Waals surface area contributed by atoms with Gasteiger partial charge in [-0.05, 0) is 38.8 Å². The number of aromatic nitrogens is 2. The van der Waals surface area contributed by atoms with Crippen molar-refractivity contribution in [1.29, 1.82) is 0 Å². The summed E-state index contributed by atoms with van der Waals surface area (Å²) in [5.41, 5.74) is 10.0. The average Bonchev–Trinajstić information content (AvgIpc) is 2.84. The largest absolute Gasteiger partial charge is 0.379 e. The van der Waals surface area contributed by atoms with Crippen molar-refractivity contribution in [3.05, 3.63) is 33.9 Å². The van der Waals surface area contributed by atoms with E-state index in [9.17, 15) is 4.79 Å². The molecule has 0 aliphatic heterocycles. The van der Waals surface area contributed by atoms with Gasteiger partial charge in [-0.1, -0.05) is 11.2 Å². The van der Waals surface area contributed by atoms with Crippen LogP contribution in [0.1, 0.15) is 11.3 Å². The zero-order valence-corrected chi connectivity index (χ0v) is 13.7. The molecule has 2 rings (SSSR count). The lowest BCUT2D eigenvalue weighted by Gasteiger charge is -2.14. The van der Waals surface area contributed by atoms with Crippen molar-refractivity contribution >= 4 is 39.6 Å². The van der Waals surface area contributed by atoms with Crippen LogP contribution in [0.25, 0.3) is 0 Å². The molecular weight excluding hydrogens is 352 g/mol. The number of amides is 1. The van der Waals surface area contributed by atoms with Gasteiger partial charge in [0.15, 0.2) is 5.82 Å². The molecule has 1 aromatic carbocycles. The third-order valence-electron chi connectivity index (χ3n) is 2.77. The Balaban J connectivity index is 1.93. The summed E-state index contributed by atoms with van der Waals surface area (Å²) >= 11 is 3.49. The molecule has 22 heavy (non-hydrogen) atoms. The average molecular weight is 367 g/mol. The number of nitrogens with two attached hydrogens (primary N) is 1. The van der Waals surface area contributed by atoms with E-state index in [4.69, 9.17) is 5.73 Å². The summed E-state index contributed by atoms with van der Waals surface area (Å²) in [6.45, 7) is 0. The van der Waals surface area contributed by atoms with E-state index in [2.05, 4.69) is 41.4 Å². The molecule has 0 fully saturated rings. The summed E-state index contributed by atoms with van der Waals surface area (Å²) in [6, 6.07) is 5.76. The van der Waals surface area contributed by atoms with Crippen LogP contribution in [0.15, 0.2) is 32.4 Å². The highest BCUT2D eigenvalue weighted by atomic mass is 79.9. The van der Waals surface area contributed by atoms with E-state index in [-0.39, 0.29) is 23.8 Å². The molecule has 0 saturated heterocycles. The number of hydrogen-bond acceptors (Lipinski definition) is 7. The summed E-state index contributed by atoms with van der Waals surface area (Å²) in [6.07, 6.45) is 1.50. The van der Waals surface area contributed by atoms with Gasteiger partial charge >= 0.3 is 0 Å². The van der Waals surface area contributed by atoms with Gasteiger partial charge in [0.25, 0.3) is 0 Å². The lowest BCUT2D eigenvalue weighted by Crippen LogP contribution is -2.20. The number of halogens is 1. The maximum absolute atomic E-state index is 11.7. The summed E-state index contributed by atoms with van der Waals surface area (Å²) < 4.78 is 5.35. The molecule has 0 unspecified atom stereocenters. The van der Waals surface area contributed by atoms with E-state index in [0.717, 1.165) is 15.7 Å². The van der Waals surface area contributed by atoms with Crippen LogP contribution in [-0.4, -0.2) is 36.5 Å². The minimum Gasteiger partial charge on any atom is -0.379 e. The summed E-state index contributed by atoms with van der Waals surface area (Å²) in [5.74, 6) is -0.259. The van der Waals surface area contributed by atoms with Crippen molar-refractivity contribution in [2.24, 2.45) is 5.10 Å². The second-order valence-corrected chi connectivity index (χ2v) is 5.53. The van der Waals surface area contributed by atoms with Crippen molar-refractivity contribution in [2.45, 2.75) is 6.42 Å². The van der Waals surface area contributed by atoms with E-state index < -0.39 is 0 Å². The highest BCUT2D eigenvalue weighted by Crippen LogP contribution is 2.25. The van der Waals surface area contributed by atoms with Crippen LogP contribution in [-0.2, 0) is 11.2 Å². The normalized spacial score (nSPS) is 10.9. The fraction of sp³-hybridized carbons (Fsp3) is 0.231. The van der Waals surface area contributed by atoms with E-state index in [1.807, 2.05) is 37.2 Å². The Morgan fingerprint density at radius 3 is 2.86 bits per heavy atom. The van der Waals surface area contributed by atoms with Crippen LogP contribution in [0, 0.1) is 0 Å². The fourth-order valence-corrected chi connectivity index (χ4v) is 2.42. The highest BCUT2D eigenvalue weighted by molar-refractivity contribution is 9.10. The summed E-state index contributed by atoms with van der Waals surface area (Å²) in [7, 11) is 3.91. The molecule has 1 heterocycles. The quantitative estimate of drug-likeness (QED) is 0.607. The van der Waals surface area contributed by atoms with E-state index in [1.165, 1.54) is 0 Å². The highest BCUT2D eigenvalue weighted by Gasteiger charge is 2.10. The van der Waals surface area contributed by atoms with Gasteiger partial charge in [-0.3, -0.25) is 4.79 Å². The molecule has 9 heteroatoms. The smallest absolute Gasteiger partial charge is 0.246 e. The summed E-state index contributed by atoms with van der Waals surface area (Å²) in [5, 5.41) is 10.8. The van der Waals surface area contributed by atoms with Crippen molar-refractivity contribution in [1.82, 2.24) is 15.7 Å². The van der Waals surface area contributed by atoms with Gasteiger partial charge in [0, 0.05) is 18.6 Å². The van der Waals surface area contributed by atoms with Crippen LogP contribution in [0.5, 0.6) is 0 Å². The molecular formula is C13H15BrN6O2. The minimum atomic E-state index is -0.359. The molecule has 0 bridgehead atoms. The molecule has 3 N–H and O–H groups in total. The predicted octanol–water partition coefficient (Wildman–Crippen LogP) is 1.17. The maximum Gasteiger partial charge on any atom is 0.246 e. The number of benzene rings is 1. The van der Waals surface area contributed by atoms with Gasteiger partial charge in [-0.2, -0.15) is 5.10 Å². The number of carbonyl (C=O) groups excluding carboxylic acids is 1. The number of nitrogens with one attached hydrogen (secondary N) is 1. The fourth-order valence-electron chi connectivity index (χ4n) is 1.67. The number of rotatable bonds is 5. The van der Waals surface area contributed by atoms with Gasteiger partial charge < -0.3 is 10.6 Å². The van der Waals surface area contributed by atoms with Crippen LogP contribution in [0.3, 0.4) is 0 Å². The Morgan fingerprint density at radius 1 is 1.50 bits per heavy atom. The molecule has 0 aliphatic carbocycles. The van der Waals surface area contributed by atoms with Gasteiger partial charge in [0.05, 0.1) is 18.3 Å². The summed E-state index contributed by atoms with van der Waals surface area (Å²) in [4.78, 5) is 13.6. The molecule has 116 valence electrons. The third kappa shape index (κ3) is 4.04. The predicted molar refractivity (Wildman–Crippen MR) is 86.6 cm³/mol. The van der Waals surface area contributed by atoms with E-state index in [1.54, 1.807) is 6.21 Å². The van der Waals surface area contributed by atoms with Gasteiger partial charge in [-0.15, -0.1) is 0 Å². The third-order valence-corrected chi connectivity index (χ3v) is 3.41. The Kier molecular flexibility index (Phi) is 5.10. The first kappa shape index (κ1) is 16.0. The maximum atomic E-state index is 11.7. The second kappa shape index (κ2) is 7.03. The van der Waals surface area contributed by atoms with Crippen LogP contribution in [0.4, 0.5) is 11.5 Å². The standard InChI is InChI=1S/C13H15BrN6O2/c1-20(2)11-4-3-8(5-9(11)14)7-16-17-12(21)6-10-13(15)19-22-18-10/h3-5,7H,6H2,1-2H3,(H2,15,19)(H,17,21)/b16-7+. The molecule has 0 radical (unpaired) electrons. The second-order valence-electron chi connectivity index (χ2n) is 4.67. The number of carbonyl (C=O) groups is 1. The Bertz CT molecular complexity index is 698. The first-order valence-corrected chi connectivity index (χ1v) is 7.12. The van der Waals surface area contributed by atoms with E-state index in [0.29, 0.717) is 0 Å². The van der Waals surface area contributed by atoms with Crippen LogP contribution in [0.2, 0.25) is 0 Å². The molecule has 0 spiro atoms. The van der Waals surface area contributed by atoms with Crippen molar-refractivity contribution in [3.8, 4) is 0 Å². The molecule has 8 nitrogen and oxygen atoms in total. The molecule has 0 aliphatic rings. The van der Waals surface area contributed by atoms with Crippen LogP contribution < -0.4 is 16.1 Å². The van der Waals surface area contributed by atoms with Gasteiger partial charge in [0.2, 0.25) is 5.91 Å². The zero-order chi connectivity index (χ0) is 16.1. The molecule has 1 amide bonds. The Morgan fingerprint density at radius 2 is 2.27 bits per heavy atom. The van der Waals surface area contributed by atoms with Gasteiger partial charge in [-0.25, -0.2) is 10.1 Å². The Hall–Kier alpha value is -2.42. The number of nitrogens with zero attached hydrogens (tertiary/aromatic N) is 4. The number of anilines is 2. The van der Waals surface area contributed by atoms with E-state index >= 15 is 0 Å². The number of hydrogen-bond donors (Lipinski definition) is 2. The topological polar surface area (TPSA) is 110 Å². The van der Waals surface area contributed by atoms with Crippen molar-refractivity contribution < 1.29 is 9.42 Å². The zero-order valence-electron chi connectivity index (χ0n) is 12.1. The first-order chi connectivity index (χ1) is 10.5. The molecule has 0 atom stereocenters. The number of nitrogen functional groups attached to an aromatic ring is 1. The van der Waals surface area contributed by atoms with Crippen LogP contribution >= 0.6 is 15.9 Å². The molecule has 2 aromatic rings. The SMILES string of the molecule is CN(C)c1ccc(/C=N/NC(=O)Cc2nonc2N)cc1Br. The number of hydrazone groups is 1. The lowest BCUT2D eigenvalue weighted by atomic mass is 10.2. The van der Waals surface area contributed by atoms with Crippen molar-refractivity contribution in [3.63, 3.8) is 0 Å². The van der Waals surface area contributed by atoms with Gasteiger partial charge in [0.1, 0.15) is 5.69 Å². The van der Waals surface area contributed by atoms with Crippen molar-refractivity contribution in [2.75, 3.05) is 24.7 Å². The minimum absolute atomic E-state index is 0.0457. The molecule has 1 aromatic heterocycles. The first-order valence-electron chi connectivity index (χ1n) is 6.33. The molecule has 0 saturated carbocycles. The Labute approximate surface area is 135 Å². The monoisotopic (exact) mass is 366 g/mol.